The van der Waals surface area contributed by atoms with Crippen molar-refractivity contribution in [2.45, 2.75) is 103 Å². The third kappa shape index (κ3) is 6.83. The van der Waals surface area contributed by atoms with Gasteiger partial charge in [-0.3, -0.25) is 0 Å². The fraction of sp³-hybridized carbons (Fsp3) is 0.556. The maximum absolute atomic E-state index is 6.92. The minimum absolute atomic E-state index is 0.147. The first-order valence-corrected chi connectivity index (χ1v) is 16.2. The van der Waals surface area contributed by atoms with Crippen LogP contribution in [0.25, 0.3) is 10.8 Å². The van der Waals surface area contributed by atoms with Gasteiger partial charge in [0, 0.05) is 11.8 Å². The number of ether oxygens (including phenoxy) is 9. The van der Waals surface area contributed by atoms with Crippen molar-refractivity contribution in [3.05, 3.63) is 83.9 Å². The minimum atomic E-state index is -0.587. The van der Waals surface area contributed by atoms with Crippen molar-refractivity contribution in [3.63, 3.8) is 0 Å². The highest BCUT2D eigenvalue weighted by Gasteiger charge is 2.53. The van der Waals surface area contributed by atoms with Crippen LogP contribution in [0.1, 0.15) is 38.8 Å². The monoisotopic (exact) mass is 620 g/mol. The second-order valence-corrected chi connectivity index (χ2v) is 12.7. The fourth-order valence-corrected chi connectivity index (χ4v) is 6.88. The number of rotatable bonds is 8. The van der Waals surface area contributed by atoms with Crippen LogP contribution in [0, 0.1) is 11.8 Å². The first-order valence-electron chi connectivity index (χ1n) is 16.2. The number of hydrogen-bond acceptors (Lipinski definition) is 9. The second-order valence-electron chi connectivity index (χ2n) is 12.7. The fourth-order valence-electron chi connectivity index (χ4n) is 6.88. The van der Waals surface area contributed by atoms with Crippen LogP contribution in [-0.4, -0.2) is 75.0 Å². The zero-order valence-electron chi connectivity index (χ0n) is 26.4. The van der Waals surface area contributed by atoms with Gasteiger partial charge in [0.25, 0.3) is 0 Å². The van der Waals surface area contributed by atoms with Gasteiger partial charge in [-0.15, -0.1) is 0 Å². The molecule has 3 aromatic rings. The summed E-state index contributed by atoms with van der Waals surface area (Å²) in [6.07, 6.45) is -3.77. The predicted octanol–water partition coefficient (Wildman–Crippen LogP) is 5.57. The van der Waals surface area contributed by atoms with E-state index in [0.29, 0.717) is 26.4 Å². The van der Waals surface area contributed by atoms with Gasteiger partial charge in [-0.25, -0.2) is 0 Å². The SMILES string of the molecule is CC1OCC2OC(OC3C(C)C(OCc4ccccc4)OC4COC(C)OC43)C(C)C(OCc3ccc4ccccc4c3)C2O1. The highest BCUT2D eigenvalue weighted by molar-refractivity contribution is 5.82. The Bertz CT molecular complexity index is 1400. The van der Waals surface area contributed by atoms with Crippen LogP contribution in [0.15, 0.2) is 72.8 Å². The molecule has 4 aliphatic rings. The normalized spacial score (nSPS) is 38.4. The Morgan fingerprint density at radius 1 is 0.578 bits per heavy atom. The molecule has 9 heteroatoms. The molecular formula is C36H44O9. The Labute approximate surface area is 264 Å². The number of hydrogen-bond donors (Lipinski definition) is 0. The van der Waals surface area contributed by atoms with Crippen LogP contribution >= 0.6 is 0 Å². The Morgan fingerprint density at radius 3 is 1.91 bits per heavy atom. The lowest BCUT2D eigenvalue weighted by Crippen LogP contribution is -2.64. The molecule has 12 atom stereocenters. The summed E-state index contributed by atoms with van der Waals surface area (Å²) >= 11 is 0. The third-order valence-electron chi connectivity index (χ3n) is 9.39. The molecule has 4 fully saturated rings. The summed E-state index contributed by atoms with van der Waals surface area (Å²) < 4.78 is 57.1. The van der Waals surface area contributed by atoms with E-state index in [1.165, 1.54) is 10.8 Å². The number of fused-ring (bicyclic) bond motifs is 3. The van der Waals surface area contributed by atoms with Crippen LogP contribution in [0.2, 0.25) is 0 Å². The minimum Gasteiger partial charge on any atom is -0.370 e. The first kappa shape index (κ1) is 31.2. The van der Waals surface area contributed by atoms with E-state index in [1.807, 2.05) is 44.2 Å². The first-order chi connectivity index (χ1) is 21.9. The van der Waals surface area contributed by atoms with Gasteiger partial charge >= 0.3 is 0 Å². The van der Waals surface area contributed by atoms with E-state index in [2.05, 4.69) is 56.3 Å². The average Bonchev–Trinajstić information content (AvgIpc) is 3.06. The molecule has 0 amide bonds. The molecule has 9 nitrogen and oxygen atoms in total. The molecule has 12 unspecified atom stereocenters. The van der Waals surface area contributed by atoms with E-state index in [4.69, 9.17) is 42.6 Å². The van der Waals surface area contributed by atoms with E-state index in [1.54, 1.807) is 0 Å². The molecule has 0 saturated carbocycles. The largest absolute Gasteiger partial charge is 0.370 e. The average molecular weight is 621 g/mol. The smallest absolute Gasteiger partial charge is 0.163 e. The van der Waals surface area contributed by atoms with Crippen molar-refractivity contribution in [3.8, 4) is 0 Å². The molecule has 4 saturated heterocycles. The lowest BCUT2D eigenvalue weighted by atomic mass is 9.89. The highest BCUT2D eigenvalue weighted by atomic mass is 16.8. The molecule has 45 heavy (non-hydrogen) atoms. The van der Waals surface area contributed by atoms with Crippen LogP contribution in [0.5, 0.6) is 0 Å². The van der Waals surface area contributed by atoms with Crippen molar-refractivity contribution in [1.29, 1.82) is 0 Å². The Morgan fingerprint density at radius 2 is 1.18 bits per heavy atom. The summed E-state index contributed by atoms with van der Waals surface area (Å²) in [6.45, 7) is 9.66. The zero-order valence-corrected chi connectivity index (χ0v) is 26.4. The number of benzene rings is 3. The van der Waals surface area contributed by atoms with Crippen LogP contribution < -0.4 is 0 Å². The molecule has 0 aromatic heterocycles. The van der Waals surface area contributed by atoms with E-state index in [-0.39, 0.29) is 61.0 Å². The van der Waals surface area contributed by atoms with Crippen molar-refractivity contribution >= 4 is 10.8 Å². The summed E-state index contributed by atoms with van der Waals surface area (Å²) in [5.41, 5.74) is 2.18. The topological polar surface area (TPSA) is 83.1 Å². The van der Waals surface area contributed by atoms with E-state index in [0.717, 1.165) is 11.1 Å². The lowest BCUT2D eigenvalue weighted by Gasteiger charge is -2.52. The van der Waals surface area contributed by atoms with Gasteiger partial charge in [0.2, 0.25) is 0 Å². The predicted molar refractivity (Wildman–Crippen MR) is 165 cm³/mol. The standard InChI is InChI=1S/C36H44O9/c1-21-31(39-18-26-14-15-27-12-8-9-13-28(27)16-26)33-29(19-37-23(3)41-33)44-36(21)45-32-22(2)35(40-17-25-10-6-5-7-11-25)43-30-20-38-24(4)42-34(30)32/h5-16,21-24,29-36H,17-20H2,1-4H3. The zero-order chi connectivity index (χ0) is 30.9. The van der Waals surface area contributed by atoms with E-state index >= 15 is 0 Å². The van der Waals surface area contributed by atoms with Crippen molar-refractivity contribution in [1.82, 2.24) is 0 Å². The molecule has 0 radical (unpaired) electrons. The maximum atomic E-state index is 6.92. The molecule has 0 N–H and O–H groups in total. The molecule has 3 aromatic carbocycles. The van der Waals surface area contributed by atoms with Gasteiger partial charge in [0.1, 0.15) is 24.4 Å². The van der Waals surface area contributed by atoms with Gasteiger partial charge in [-0.1, -0.05) is 80.6 Å². The van der Waals surface area contributed by atoms with Gasteiger partial charge in [0.05, 0.1) is 38.6 Å². The van der Waals surface area contributed by atoms with Gasteiger partial charge in [0.15, 0.2) is 25.2 Å². The molecule has 0 spiro atoms. The van der Waals surface area contributed by atoms with Crippen molar-refractivity contribution in [2.24, 2.45) is 11.8 Å². The second kappa shape index (κ2) is 13.7. The molecular weight excluding hydrogens is 576 g/mol. The van der Waals surface area contributed by atoms with E-state index in [9.17, 15) is 0 Å². The van der Waals surface area contributed by atoms with Gasteiger partial charge in [-0.05, 0) is 41.8 Å². The Balaban J connectivity index is 1.10. The van der Waals surface area contributed by atoms with Crippen LogP contribution in [0.3, 0.4) is 0 Å². The maximum Gasteiger partial charge on any atom is 0.163 e. The third-order valence-corrected chi connectivity index (χ3v) is 9.39. The molecule has 0 bridgehead atoms. The van der Waals surface area contributed by atoms with Gasteiger partial charge in [-0.2, -0.15) is 0 Å². The summed E-state index contributed by atoms with van der Waals surface area (Å²) in [6, 6.07) is 24.9. The molecule has 242 valence electrons. The van der Waals surface area contributed by atoms with E-state index < -0.39 is 12.6 Å². The summed E-state index contributed by atoms with van der Waals surface area (Å²) in [4.78, 5) is 0. The summed E-state index contributed by atoms with van der Waals surface area (Å²) in [5, 5.41) is 2.39. The van der Waals surface area contributed by atoms with Crippen LogP contribution in [-0.2, 0) is 55.8 Å². The lowest BCUT2D eigenvalue weighted by molar-refractivity contribution is -0.392. The molecule has 4 heterocycles. The van der Waals surface area contributed by atoms with Gasteiger partial charge < -0.3 is 42.6 Å². The van der Waals surface area contributed by atoms with Crippen LogP contribution in [0.4, 0.5) is 0 Å². The summed E-state index contributed by atoms with van der Waals surface area (Å²) in [5.74, 6) is -0.295. The van der Waals surface area contributed by atoms with Crippen molar-refractivity contribution in [2.75, 3.05) is 13.2 Å². The molecule has 7 rings (SSSR count). The highest BCUT2D eigenvalue weighted by Crippen LogP contribution is 2.40. The molecule has 0 aliphatic carbocycles. The molecule has 4 aliphatic heterocycles. The Kier molecular flexibility index (Phi) is 9.51. The quantitative estimate of drug-likeness (QED) is 0.321. The van der Waals surface area contributed by atoms with Crippen molar-refractivity contribution < 1.29 is 42.6 Å². The summed E-state index contributed by atoms with van der Waals surface area (Å²) in [7, 11) is 0. The Hall–Kier alpha value is -2.44.